The number of thioether (sulfide) groups is 2. The van der Waals surface area contributed by atoms with Crippen molar-refractivity contribution in [3.05, 3.63) is 21.7 Å². The second-order valence-electron chi connectivity index (χ2n) is 6.70. The Morgan fingerprint density at radius 2 is 2.27 bits per heavy atom. The maximum absolute atomic E-state index is 12.6. The second kappa shape index (κ2) is 11.1. The van der Waals surface area contributed by atoms with Gasteiger partial charge >= 0.3 is 35.5 Å². The van der Waals surface area contributed by atoms with Gasteiger partial charge in [-0.3, -0.25) is 19.3 Å². The first kappa shape index (κ1) is 25.8. The number of carboxylic acid groups (broad SMARTS) is 1. The van der Waals surface area contributed by atoms with Crippen molar-refractivity contribution in [1.82, 2.24) is 15.2 Å². The van der Waals surface area contributed by atoms with Gasteiger partial charge < -0.3 is 30.5 Å². The number of nitrogen functional groups attached to an aromatic ring is 1. The predicted molar refractivity (Wildman–Crippen MR) is 114 cm³/mol. The Balaban J connectivity index is 0.00000306. The average Bonchev–Trinajstić information content (AvgIpc) is 3.36. The maximum atomic E-state index is 12.6. The van der Waals surface area contributed by atoms with Crippen molar-refractivity contribution in [2.45, 2.75) is 29.7 Å². The number of oxime groups is 1. The van der Waals surface area contributed by atoms with Crippen molar-refractivity contribution in [2.24, 2.45) is 5.16 Å². The Labute approximate surface area is 222 Å². The first-order valence-corrected chi connectivity index (χ1v) is 12.0. The molecule has 0 aliphatic carbocycles. The van der Waals surface area contributed by atoms with Gasteiger partial charge in [0.05, 0.1) is 24.0 Å². The third-order valence-electron chi connectivity index (χ3n) is 4.62. The molecule has 2 saturated heterocycles. The fraction of sp³-hybridized carbons (Fsp3) is 0.412. The van der Waals surface area contributed by atoms with Crippen molar-refractivity contribution >= 4 is 70.0 Å². The molecular formula is C17H16N5NaO7S3. The number of fused-ring (bicyclic) bond motifs is 1. The number of aliphatic carboxylic acids is 1. The van der Waals surface area contributed by atoms with Crippen LogP contribution in [0.2, 0.25) is 0 Å². The minimum Gasteiger partial charge on any atom is -0.543 e. The van der Waals surface area contributed by atoms with E-state index in [0.29, 0.717) is 22.2 Å². The number of nitrogens with one attached hydrogen (secondary N) is 1. The summed E-state index contributed by atoms with van der Waals surface area (Å²) < 4.78 is 4.90. The van der Waals surface area contributed by atoms with Crippen LogP contribution in [0.3, 0.4) is 0 Å². The number of anilines is 1. The van der Waals surface area contributed by atoms with Crippen LogP contribution < -0.4 is 45.7 Å². The van der Waals surface area contributed by atoms with Crippen LogP contribution in [0.25, 0.3) is 0 Å². The predicted octanol–water partition coefficient (Wildman–Crippen LogP) is -4.36. The molecular weight excluding hydrogens is 505 g/mol. The molecule has 0 saturated carbocycles. The molecule has 1 aromatic rings. The zero-order valence-electron chi connectivity index (χ0n) is 17.2. The van der Waals surface area contributed by atoms with Crippen molar-refractivity contribution < 1.29 is 63.4 Å². The Morgan fingerprint density at radius 3 is 2.91 bits per heavy atom. The molecule has 4 heterocycles. The molecule has 2 amide bonds. The summed E-state index contributed by atoms with van der Waals surface area (Å²) in [6.07, 6.45) is 1.34. The summed E-state index contributed by atoms with van der Waals surface area (Å²) in [5.74, 6) is -2.93. The third-order valence-corrected chi connectivity index (χ3v) is 8.14. The summed E-state index contributed by atoms with van der Waals surface area (Å²) in [4.78, 5) is 58.5. The van der Waals surface area contributed by atoms with E-state index in [0.717, 1.165) is 22.9 Å². The van der Waals surface area contributed by atoms with Gasteiger partial charge in [0.25, 0.3) is 11.8 Å². The summed E-state index contributed by atoms with van der Waals surface area (Å²) in [5.41, 5.74) is 5.80. The van der Waals surface area contributed by atoms with Gasteiger partial charge in [0, 0.05) is 22.5 Å². The number of aromatic nitrogens is 1. The zero-order valence-corrected chi connectivity index (χ0v) is 21.7. The number of rotatable bonds is 8. The van der Waals surface area contributed by atoms with Gasteiger partial charge in [-0.2, -0.15) is 0 Å². The van der Waals surface area contributed by atoms with Gasteiger partial charge in [-0.15, -0.1) is 34.9 Å². The molecule has 12 nitrogen and oxygen atoms in total. The first-order chi connectivity index (χ1) is 15.3. The van der Waals surface area contributed by atoms with E-state index in [-0.39, 0.29) is 54.2 Å². The number of carbonyl (C=O) groups excluding carboxylic acids is 4. The zero-order chi connectivity index (χ0) is 22.8. The van der Waals surface area contributed by atoms with Gasteiger partial charge in [0.15, 0.2) is 11.7 Å². The van der Waals surface area contributed by atoms with E-state index in [2.05, 4.69) is 15.5 Å². The molecule has 3 N–H and O–H groups in total. The molecule has 1 aromatic heterocycles. The number of nitrogens with zero attached hydrogens (tertiary/aromatic N) is 3. The molecule has 16 heteroatoms. The summed E-state index contributed by atoms with van der Waals surface area (Å²) >= 11 is 3.60. The van der Waals surface area contributed by atoms with E-state index in [4.69, 9.17) is 15.3 Å². The van der Waals surface area contributed by atoms with Crippen molar-refractivity contribution in [3.8, 4) is 0 Å². The molecule has 1 unspecified atom stereocenters. The number of hydrogen-bond acceptors (Lipinski definition) is 13. The van der Waals surface area contributed by atoms with Crippen LogP contribution in [-0.2, 0) is 35.4 Å². The number of nitrogens with two attached hydrogens (primary N) is 1. The molecule has 33 heavy (non-hydrogen) atoms. The first-order valence-electron chi connectivity index (χ1n) is 9.23. The third kappa shape index (κ3) is 5.66. The Bertz CT molecular complexity index is 1030. The number of carbonyl (C=O) groups is 4. The van der Waals surface area contributed by atoms with Crippen LogP contribution in [-0.4, -0.2) is 68.9 Å². The number of β-lactam (4-membered cyclic amide) rings is 1. The van der Waals surface area contributed by atoms with Crippen molar-refractivity contribution in [2.75, 3.05) is 18.1 Å². The molecule has 2 fully saturated rings. The smallest absolute Gasteiger partial charge is 0.543 e. The van der Waals surface area contributed by atoms with Crippen LogP contribution >= 0.6 is 34.9 Å². The van der Waals surface area contributed by atoms with E-state index in [9.17, 15) is 24.3 Å². The molecule has 3 atom stereocenters. The van der Waals surface area contributed by atoms with E-state index in [1.54, 1.807) is 5.38 Å². The molecule has 0 radical (unpaired) electrons. The van der Waals surface area contributed by atoms with E-state index >= 15 is 0 Å². The van der Waals surface area contributed by atoms with E-state index in [1.165, 1.54) is 23.1 Å². The second-order valence-corrected chi connectivity index (χ2v) is 10.00. The molecule has 0 spiro atoms. The molecule has 0 aromatic carbocycles. The van der Waals surface area contributed by atoms with Crippen LogP contribution in [0.4, 0.5) is 5.13 Å². The summed E-state index contributed by atoms with van der Waals surface area (Å²) in [6, 6.07) is -0.922. The molecule has 170 valence electrons. The fourth-order valence-corrected chi connectivity index (χ4v) is 6.43. The summed E-state index contributed by atoms with van der Waals surface area (Å²) in [6.45, 7) is 0.306. The number of cyclic esters (lactones) is 1. The minimum absolute atomic E-state index is 0. The minimum atomic E-state index is -1.51. The van der Waals surface area contributed by atoms with Gasteiger partial charge in [0.2, 0.25) is 0 Å². The van der Waals surface area contributed by atoms with Crippen molar-refractivity contribution in [1.29, 1.82) is 0 Å². The van der Waals surface area contributed by atoms with E-state index < -0.39 is 40.4 Å². The van der Waals surface area contributed by atoms with Crippen LogP contribution in [0.1, 0.15) is 12.1 Å². The van der Waals surface area contributed by atoms with Crippen LogP contribution in [0.15, 0.2) is 21.1 Å². The molecule has 0 bridgehead atoms. The van der Waals surface area contributed by atoms with Crippen LogP contribution in [0, 0.1) is 0 Å². The Kier molecular flexibility index (Phi) is 8.69. The average molecular weight is 522 g/mol. The maximum Gasteiger partial charge on any atom is 1.00 e. The SMILES string of the molecule is Nc1nc(CO/N=C\C(=O)N[C@@H]2C(=O)N3C(C(=O)[O-])=C(SC4CCOC4=O)CS[C@H]23)cs1.[Na+]. The quantitative estimate of drug-likeness (QED) is 0.111. The monoisotopic (exact) mass is 521 g/mol. The Hall–Kier alpha value is -1.78. The number of carboxylic acids is 1. The number of thiazole rings is 1. The van der Waals surface area contributed by atoms with Crippen LogP contribution in [0.5, 0.6) is 0 Å². The number of hydrogen-bond donors (Lipinski definition) is 2. The molecule has 4 rings (SSSR count). The number of esters is 1. The van der Waals surface area contributed by atoms with Gasteiger partial charge in [-0.25, -0.2) is 4.98 Å². The number of ether oxygens (including phenoxy) is 1. The number of amides is 2. The Morgan fingerprint density at radius 1 is 1.48 bits per heavy atom. The standard InChI is InChI=1S/C17H17N5O7S3.Na/c18-17-20-7(5-31-17)4-29-19-3-10(23)21-11-13(24)22-12(15(25)26)9(6-30-14(11)22)32-8-1-2-28-16(8)27;/h3,5,8,11,14H,1-2,4,6H2,(H2,18,20)(H,21,23)(H,25,26);/q;+1/p-1/b19-3-;/t8?,11-,14-;/m1./s1. The largest absolute Gasteiger partial charge is 1.00 e. The fourth-order valence-electron chi connectivity index (χ4n) is 3.20. The normalized spacial score (nSPS) is 24.1. The van der Waals surface area contributed by atoms with Gasteiger partial charge in [0.1, 0.15) is 22.9 Å². The van der Waals surface area contributed by atoms with E-state index in [1.807, 2.05) is 0 Å². The van der Waals surface area contributed by atoms with Gasteiger partial charge in [-0.1, -0.05) is 5.16 Å². The molecule has 3 aliphatic rings. The summed E-state index contributed by atoms with van der Waals surface area (Å²) in [7, 11) is 0. The summed E-state index contributed by atoms with van der Waals surface area (Å²) in [5, 5.41) is 18.7. The van der Waals surface area contributed by atoms with Crippen molar-refractivity contribution in [3.63, 3.8) is 0 Å². The van der Waals surface area contributed by atoms with Gasteiger partial charge in [-0.05, 0) is 0 Å². The molecule has 3 aliphatic heterocycles. The topological polar surface area (TPSA) is 176 Å².